The number of nitrogens with one attached hydrogen (secondary N) is 3. The fourth-order valence-corrected chi connectivity index (χ4v) is 3.36. The summed E-state index contributed by atoms with van der Waals surface area (Å²) in [5.74, 6) is -2.22. The van der Waals surface area contributed by atoms with Crippen LogP contribution in [0.2, 0.25) is 0 Å². The average Bonchev–Trinajstić information content (AvgIpc) is 3.10. The first-order chi connectivity index (χ1) is 13.8. The van der Waals surface area contributed by atoms with Crippen molar-refractivity contribution in [1.82, 2.24) is 24.5 Å². The number of rotatable bonds is 5. The molecule has 152 valence electrons. The van der Waals surface area contributed by atoms with Crippen molar-refractivity contribution in [1.29, 1.82) is 0 Å². The van der Waals surface area contributed by atoms with Gasteiger partial charge in [-0.15, -0.1) is 0 Å². The molecule has 0 saturated heterocycles. The summed E-state index contributed by atoms with van der Waals surface area (Å²) in [6.07, 6.45) is 2.20. The summed E-state index contributed by atoms with van der Waals surface area (Å²) < 4.78 is 29.2. The van der Waals surface area contributed by atoms with Crippen molar-refractivity contribution in [3.63, 3.8) is 0 Å². The van der Waals surface area contributed by atoms with E-state index >= 15 is 0 Å². The second-order valence-corrected chi connectivity index (χ2v) is 6.83. The van der Waals surface area contributed by atoms with Crippen molar-refractivity contribution in [2.24, 2.45) is 0 Å². The third-order valence-corrected chi connectivity index (χ3v) is 4.90. The number of anilines is 3. The van der Waals surface area contributed by atoms with Crippen LogP contribution in [0.1, 0.15) is 29.2 Å². The molecule has 1 aliphatic carbocycles. The van der Waals surface area contributed by atoms with Crippen molar-refractivity contribution in [2.75, 3.05) is 24.7 Å². The van der Waals surface area contributed by atoms with Gasteiger partial charge in [0.1, 0.15) is 22.9 Å². The molecule has 29 heavy (non-hydrogen) atoms. The second kappa shape index (κ2) is 6.83. The van der Waals surface area contributed by atoms with E-state index in [1.165, 1.54) is 28.5 Å². The zero-order chi connectivity index (χ0) is 20.8. The first-order valence-corrected chi connectivity index (χ1v) is 8.97. The summed E-state index contributed by atoms with van der Waals surface area (Å²) in [6, 6.07) is 4.27. The average molecular weight is 403 g/mol. The summed E-state index contributed by atoms with van der Waals surface area (Å²) in [7, 11) is 3.19. The molecule has 9 nitrogen and oxygen atoms in total. The van der Waals surface area contributed by atoms with Gasteiger partial charge in [0.15, 0.2) is 5.65 Å². The van der Waals surface area contributed by atoms with Crippen molar-refractivity contribution < 1.29 is 13.6 Å². The van der Waals surface area contributed by atoms with Gasteiger partial charge in [-0.2, -0.15) is 9.61 Å². The van der Waals surface area contributed by atoms with E-state index in [2.05, 4.69) is 26.0 Å². The monoisotopic (exact) mass is 403 g/mol. The standard InChI is InChI=1S/C18H19F2N7O2/c1-21-14-6-13(25-15-11(16(28)22-2)9-23-27(14)15)24-12-4-3-5-26(17(12)29)10-7-18(19,20)8-10/h3-6,9-10,21H,7-8H2,1-2H3,(H,22,28)(H,24,25). The number of carbonyl (C=O) groups is 1. The fourth-order valence-electron chi connectivity index (χ4n) is 3.36. The van der Waals surface area contributed by atoms with Gasteiger partial charge in [0.05, 0.1) is 6.20 Å². The number of fused-ring (bicyclic) bond motifs is 1. The van der Waals surface area contributed by atoms with E-state index in [-0.39, 0.29) is 30.0 Å². The largest absolute Gasteiger partial charge is 0.373 e. The van der Waals surface area contributed by atoms with Gasteiger partial charge in [0, 0.05) is 45.2 Å². The van der Waals surface area contributed by atoms with Crippen LogP contribution >= 0.6 is 0 Å². The lowest BCUT2D eigenvalue weighted by molar-refractivity contribution is -0.104. The highest BCUT2D eigenvalue weighted by atomic mass is 19.3. The Morgan fingerprint density at radius 3 is 2.72 bits per heavy atom. The molecule has 11 heteroatoms. The van der Waals surface area contributed by atoms with Crippen LogP contribution in [0.3, 0.4) is 0 Å². The van der Waals surface area contributed by atoms with E-state index in [9.17, 15) is 18.4 Å². The van der Waals surface area contributed by atoms with E-state index < -0.39 is 17.5 Å². The molecule has 0 aliphatic heterocycles. The highest BCUT2D eigenvalue weighted by Gasteiger charge is 2.46. The van der Waals surface area contributed by atoms with Crippen LogP contribution in [0.4, 0.5) is 26.1 Å². The highest BCUT2D eigenvalue weighted by Crippen LogP contribution is 2.44. The van der Waals surface area contributed by atoms with Crippen molar-refractivity contribution in [3.8, 4) is 0 Å². The lowest BCUT2D eigenvalue weighted by Gasteiger charge is -2.36. The minimum absolute atomic E-state index is 0.197. The van der Waals surface area contributed by atoms with Crippen LogP contribution in [0.15, 0.2) is 35.4 Å². The molecule has 4 rings (SSSR count). The molecule has 1 aliphatic rings. The molecule has 0 aromatic carbocycles. The Balaban J connectivity index is 1.71. The van der Waals surface area contributed by atoms with E-state index in [0.717, 1.165) is 0 Å². The molecule has 1 fully saturated rings. The quantitative estimate of drug-likeness (QED) is 0.602. The third-order valence-electron chi connectivity index (χ3n) is 4.90. The van der Waals surface area contributed by atoms with Crippen LogP contribution in [0.5, 0.6) is 0 Å². The molecule has 0 bridgehead atoms. The SMILES string of the molecule is CNC(=O)c1cnn2c(NC)cc(Nc3cccn(C4CC(F)(F)C4)c3=O)nc12. The van der Waals surface area contributed by atoms with Crippen LogP contribution < -0.4 is 21.5 Å². The van der Waals surface area contributed by atoms with Gasteiger partial charge in [0.25, 0.3) is 17.4 Å². The highest BCUT2D eigenvalue weighted by molar-refractivity contribution is 5.99. The zero-order valence-electron chi connectivity index (χ0n) is 15.7. The molecular formula is C18H19F2N7O2. The van der Waals surface area contributed by atoms with Gasteiger partial charge >= 0.3 is 0 Å². The Kier molecular flexibility index (Phi) is 4.44. The minimum Gasteiger partial charge on any atom is -0.373 e. The Bertz CT molecular complexity index is 1150. The first kappa shape index (κ1) is 18.8. The van der Waals surface area contributed by atoms with Crippen LogP contribution in [0.25, 0.3) is 5.65 Å². The number of amides is 1. The predicted molar refractivity (Wildman–Crippen MR) is 103 cm³/mol. The van der Waals surface area contributed by atoms with Crippen LogP contribution in [-0.2, 0) is 0 Å². The minimum atomic E-state index is -2.72. The van der Waals surface area contributed by atoms with E-state index in [0.29, 0.717) is 17.3 Å². The molecule has 3 heterocycles. The Morgan fingerprint density at radius 1 is 1.31 bits per heavy atom. The van der Waals surface area contributed by atoms with E-state index in [4.69, 9.17) is 0 Å². The Hall–Kier alpha value is -3.50. The zero-order valence-corrected chi connectivity index (χ0v) is 15.7. The van der Waals surface area contributed by atoms with Gasteiger partial charge < -0.3 is 20.5 Å². The molecule has 0 atom stereocenters. The second-order valence-electron chi connectivity index (χ2n) is 6.83. The maximum absolute atomic E-state index is 13.2. The first-order valence-electron chi connectivity index (χ1n) is 8.97. The molecule has 1 saturated carbocycles. The van der Waals surface area contributed by atoms with Gasteiger partial charge in [0.2, 0.25) is 0 Å². The molecule has 0 radical (unpaired) electrons. The summed E-state index contributed by atoms with van der Waals surface area (Å²) in [5.41, 5.74) is 0.353. The number of halogens is 2. The molecular weight excluding hydrogens is 384 g/mol. The fraction of sp³-hybridized carbons (Fsp3) is 0.333. The maximum Gasteiger partial charge on any atom is 0.274 e. The van der Waals surface area contributed by atoms with Crippen molar-refractivity contribution in [3.05, 3.63) is 46.5 Å². The number of alkyl halides is 2. The van der Waals surface area contributed by atoms with Gasteiger partial charge in [-0.3, -0.25) is 9.59 Å². The Labute approximate surface area is 163 Å². The number of hydrogen-bond donors (Lipinski definition) is 3. The lowest BCUT2D eigenvalue weighted by Crippen LogP contribution is -2.41. The van der Waals surface area contributed by atoms with Gasteiger partial charge in [-0.1, -0.05) is 0 Å². The third kappa shape index (κ3) is 3.28. The molecule has 3 aromatic heterocycles. The molecule has 0 unspecified atom stereocenters. The Morgan fingerprint density at radius 2 is 2.07 bits per heavy atom. The summed E-state index contributed by atoms with van der Waals surface area (Å²) in [5, 5.41) is 12.6. The summed E-state index contributed by atoms with van der Waals surface area (Å²) >= 11 is 0. The number of carbonyl (C=O) groups excluding carboxylic acids is 1. The summed E-state index contributed by atoms with van der Waals surface area (Å²) in [4.78, 5) is 29.2. The van der Waals surface area contributed by atoms with E-state index in [1.54, 1.807) is 25.2 Å². The van der Waals surface area contributed by atoms with E-state index in [1.807, 2.05) is 0 Å². The number of hydrogen-bond acceptors (Lipinski definition) is 6. The maximum atomic E-state index is 13.2. The van der Waals surface area contributed by atoms with Crippen molar-refractivity contribution in [2.45, 2.75) is 24.8 Å². The normalized spacial score (nSPS) is 15.7. The van der Waals surface area contributed by atoms with Gasteiger partial charge in [-0.25, -0.2) is 13.8 Å². The smallest absolute Gasteiger partial charge is 0.274 e. The number of nitrogens with zero attached hydrogens (tertiary/aromatic N) is 4. The molecule has 3 aromatic rings. The topological polar surface area (TPSA) is 105 Å². The van der Waals surface area contributed by atoms with Crippen LogP contribution in [0, 0.1) is 0 Å². The van der Waals surface area contributed by atoms with Crippen molar-refractivity contribution >= 4 is 28.9 Å². The van der Waals surface area contributed by atoms with Crippen LogP contribution in [-0.4, -0.2) is 45.1 Å². The molecule has 1 amide bonds. The lowest BCUT2D eigenvalue weighted by atomic mass is 9.88. The number of pyridine rings is 1. The number of aromatic nitrogens is 4. The molecule has 0 spiro atoms. The predicted octanol–water partition coefficient (Wildman–Crippen LogP) is 2.01. The van der Waals surface area contributed by atoms with Gasteiger partial charge in [-0.05, 0) is 12.1 Å². The summed E-state index contributed by atoms with van der Waals surface area (Å²) in [6.45, 7) is 0. The molecule has 3 N–H and O–H groups in total.